The predicted molar refractivity (Wildman–Crippen MR) is 82.0 cm³/mol. The van der Waals surface area contributed by atoms with Gasteiger partial charge in [0.15, 0.2) is 11.2 Å². The van der Waals surface area contributed by atoms with E-state index < -0.39 is 0 Å². The van der Waals surface area contributed by atoms with Crippen LogP contribution in [0.5, 0.6) is 11.5 Å². The van der Waals surface area contributed by atoms with E-state index in [-0.39, 0.29) is 33.5 Å². The lowest BCUT2D eigenvalue weighted by Crippen LogP contribution is -2.02. The third-order valence-electron chi connectivity index (χ3n) is 3.11. The number of aryl methyl sites for hydroxylation is 1. The Balaban J connectivity index is 2.19. The van der Waals surface area contributed by atoms with Crippen LogP contribution in [-0.4, -0.2) is 21.4 Å². The van der Waals surface area contributed by atoms with E-state index in [9.17, 15) is 15.0 Å². The number of aliphatic imine (C=N–C) groups is 1. The number of benzene rings is 1. The zero-order chi connectivity index (χ0) is 15.7. The number of pyridine rings is 1. The molecule has 2 N–H and O–H groups in total. The van der Waals surface area contributed by atoms with Crippen LogP contribution in [0.2, 0.25) is 0 Å². The van der Waals surface area contributed by atoms with Crippen molar-refractivity contribution in [1.29, 1.82) is 0 Å². The molecule has 3 aromatic rings. The van der Waals surface area contributed by atoms with Crippen LogP contribution in [0.1, 0.15) is 11.3 Å². The molecule has 3 rings (SSSR count). The number of phenolic OH excluding ortho intramolecular Hbond substituents is 2. The quantitative estimate of drug-likeness (QED) is 0.709. The Morgan fingerprint density at radius 2 is 2.09 bits per heavy atom. The molecule has 0 aliphatic carbocycles. The molecule has 0 fully saturated rings. The number of nitrogens with zero attached hydrogens (tertiary/aromatic N) is 2. The molecule has 0 radical (unpaired) electrons. The van der Waals surface area contributed by atoms with Gasteiger partial charge >= 0.3 is 0 Å². The van der Waals surface area contributed by atoms with Gasteiger partial charge in [0, 0.05) is 24.5 Å². The molecule has 110 valence electrons. The van der Waals surface area contributed by atoms with Gasteiger partial charge in [-0.15, -0.1) is 0 Å². The zero-order valence-corrected chi connectivity index (χ0v) is 11.6. The molecule has 0 aliphatic heterocycles. The standard InChI is InChI=1S/C16H12N2O4/c1-9-6-12(20)15-13(22-9)7-11(19)10(16(15)21)8-18-14-4-2-3-5-17-14/h2-8,19,21H,1H3/b18-8+. The van der Waals surface area contributed by atoms with Gasteiger partial charge in [-0.3, -0.25) is 4.79 Å². The van der Waals surface area contributed by atoms with Crippen molar-refractivity contribution in [3.05, 3.63) is 58.1 Å². The Hall–Kier alpha value is -3.15. The third-order valence-corrected chi connectivity index (χ3v) is 3.11. The Bertz CT molecular complexity index is 930. The van der Waals surface area contributed by atoms with E-state index in [4.69, 9.17) is 4.42 Å². The van der Waals surface area contributed by atoms with Crippen molar-refractivity contribution in [3.8, 4) is 11.5 Å². The first-order chi connectivity index (χ1) is 10.6. The molecule has 2 heterocycles. The van der Waals surface area contributed by atoms with Gasteiger partial charge in [-0.1, -0.05) is 6.07 Å². The Labute approximate surface area is 125 Å². The summed E-state index contributed by atoms with van der Waals surface area (Å²) in [5.41, 5.74) is -0.229. The van der Waals surface area contributed by atoms with Crippen LogP contribution in [0, 0.1) is 6.92 Å². The minimum Gasteiger partial charge on any atom is -0.507 e. The molecule has 2 aromatic heterocycles. The highest BCUT2D eigenvalue weighted by Crippen LogP contribution is 2.33. The molecule has 6 heteroatoms. The zero-order valence-electron chi connectivity index (χ0n) is 11.6. The van der Waals surface area contributed by atoms with Crippen molar-refractivity contribution in [2.75, 3.05) is 0 Å². The van der Waals surface area contributed by atoms with Crippen molar-refractivity contribution in [2.45, 2.75) is 6.92 Å². The highest BCUT2D eigenvalue weighted by atomic mass is 16.3. The molecular weight excluding hydrogens is 284 g/mol. The Morgan fingerprint density at radius 3 is 2.82 bits per heavy atom. The minimum atomic E-state index is -0.385. The number of rotatable bonds is 2. The van der Waals surface area contributed by atoms with Crippen LogP contribution in [0.25, 0.3) is 11.0 Å². The lowest BCUT2D eigenvalue weighted by atomic mass is 10.1. The molecule has 0 aliphatic rings. The van der Waals surface area contributed by atoms with Gasteiger partial charge in [-0.2, -0.15) is 0 Å². The number of aromatic nitrogens is 1. The average Bonchev–Trinajstić information content (AvgIpc) is 2.47. The predicted octanol–water partition coefficient (Wildman–Crippen LogP) is 2.66. The number of phenols is 2. The monoisotopic (exact) mass is 296 g/mol. The summed E-state index contributed by atoms with van der Waals surface area (Å²) in [5.74, 6) is 0.199. The fourth-order valence-electron chi connectivity index (χ4n) is 2.11. The van der Waals surface area contributed by atoms with Crippen molar-refractivity contribution in [3.63, 3.8) is 0 Å². The first kappa shape index (κ1) is 13.8. The second-order valence-electron chi connectivity index (χ2n) is 4.70. The molecule has 1 aromatic carbocycles. The topological polar surface area (TPSA) is 95.9 Å². The number of hydrogen-bond acceptors (Lipinski definition) is 6. The summed E-state index contributed by atoms with van der Waals surface area (Å²) in [6, 6.07) is 7.74. The first-order valence-electron chi connectivity index (χ1n) is 6.51. The van der Waals surface area contributed by atoms with Crippen molar-refractivity contribution in [1.82, 2.24) is 4.98 Å². The van der Waals surface area contributed by atoms with Crippen molar-refractivity contribution >= 4 is 23.0 Å². The molecule has 0 saturated heterocycles. The summed E-state index contributed by atoms with van der Waals surface area (Å²) < 4.78 is 5.35. The Morgan fingerprint density at radius 1 is 1.27 bits per heavy atom. The molecule has 0 bridgehead atoms. The van der Waals surface area contributed by atoms with Gasteiger partial charge in [0.05, 0.1) is 5.56 Å². The van der Waals surface area contributed by atoms with Crippen LogP contribution < -0.4 is 5.43 Å². The highest BCUT2D eigenvalue weighted by Gasteiger charge is 2.15. The third kappa shape index (κ3) is 2.42. The van der Waals surface area contributed by atoms with Crippen LogP contribution >= 0.6 is 0 Å². The molecular formula is C16H12N2O4. The largest absolute Gasteiger partial charge is 0.507 e. The van der Waals surface area contributed by atoms with E-state index in [2.05, 4.69) is 9.98 Å². The lowest BCUT2D eigenvalue weighted by Gasteiger charge is -2.06. The normalized spacial score (nSPS) is 11.3. The molecule has 0 unspecified atom stereocenters. The number of aromatic hydroxyl groups is 2. The van der Waals surface area contributed by atoms with E-state index >= 15 is 0 Å². The summed E-state index contributed by atoms with van der Waals surface area (Å²) in [5, 5.41) is 20.3. The van der Waals surface area contributed by atoms with Gasteiger partial charge in [0.2, 0.25) is 0 Å². The van der Waals surface area contributed by atoms with Crippen LogP contribution in [0.15, 0.2) is 50.7 Å². The lowest BCUT2D eigenvalue weighted by molar-refractivity contribution is 0.449. The van der Waals surface area contributed by atoms with E-state index in [0.29, 0.717) is 11.6 Å². The van der Waals surface area contributed by atoms with Crippen LogP contribution in [0.4, 0.5) is 5.82 Å². The molecule has 0 atom stereocenters. The fraction of sp³-hybridized carbons (Fsp3) is 0.0625. The van der Waals surface area contributed by atoms with E-state index in [1.165, 1.54) is 18.3 Å². The second-order valence-corrected chi connectivity index (χ2v) is 4.70. The fourth-order valence-corrected chi connectivity index (χ4v) is 2.11. The summed E-state index contributed by atoms with van der Waals surface area (Å²) in [7, 11) is 0. The van der Waals surface area contributed by atoms with Gasteiger partial charge in [0.25, 0.3) is 0 Å². The summed E-state index contributed by atoms with van der Waals surface area (Å²) in [6.45, 7) is 1.62. The van der Waals surface area contributed by atoms with E-state index in [0.717, 1.165) is 0 Å². The SMILES string of the molecule is Cc1cc(=O)c2c(O)c(/C=N/c3ccccn3)c(O)cc2o1. The van der Waals surface area contributed by atoms with E-state index in [1.807, 2.05) is 0 Å². The van der Waals surface area contributed by atoms with Gasteiger partial charge in [0.1, 0.15) is 28.2 Å². The molecule has 0 spiro atoms. The van der Waals surface area contributed by atoms with Crippen LogP contribution in [0.3, 0.4) is 0 Å². The smallest absolute Gasteiger partial charge is 0.196 e. The molecule has 6 nitrogen and oxygen atoms in total. The summed E-state index contributed by atoms with van der Waals surface area (Å²) in [6.07, 6.45) is 2.83. The van der Waals surface area contributed by atoms with Crippen molar-refractivity contribution < 1.29 is 14.6 Å². The maximum Gasteiger partial charge on any atom is 0.196 e. The van der Waals surface area contributed by atoms with Gasteiger partial charge in [-0.05, 0) is 19.1 Å². The maximum absolute atomic E-state index is 12.0. The summed E-state index contributed by atoms with van der Waals surface area (Å²) in [4.78, 5) is 20.1. The van der Waals surface area contributed by atoms with Crippen LogP contribution in [-0.2, 0) is 0 Å². The molecule has 22 heavy (non-hydrogen) atoms. The van der Waals surface area contributed by atoms with E-state index in [1.54, 1.807) is 31.3 Å². The van der Waals surface area contributed by atoms with Gasteiger partial charge < -0.3 is 14.6 Å². The summed E-state index contributed by atoms with van der Waals surface area (Å²) >= 11 is 0. The average molecular weight is 296 g/mol. The highest BCUT2D eigenvalue weighted by molar-refractivity contribution is 5.98. The Kier molecular flexibility index (Phi) is 3.34. The maximum atomic E-state index is 12.0. The van der Waals surface area contributed by atoms with Gasteiger partial charge in [-0.25, -0.2) is 9.98 Å². The molecule has 0 amide bonds. The minimum absolute atomic E-state index is 0.00544. The second kappa shape index (κ2) is 5.33. The number of hydrogen-bond donors (Lipinski definition) is 2. The molecule has 0 saturated carbocycles. The van der Waals surface area contributed by atoms with Crippen molar-refractivity contribution in [2.24, 2.45) is 4.99 Å². The number of fused-ring (bicyclic) bond motifs is 1. The first-order valence-corrected chi connectivity index (χ1v) is 6.51.